The smallest absolute Gasteiger partial charge is 0.321 e. The van der Waals surface area contributed by atoms with E-state index in [0.717, 1.165) is 5.56 Å². The third-order valence-corrected chi connectivity index (χ3v) is 5.64. The lowest BCUT2D eigenvalue weighted by Gasteiger charge is -2.57. The number of benzene rings is 1. The predicted octanol–water partition coefficient (Wildman–Crippen LogP) is 2.39. The average Bonchev–Trinajstić information content (AvgIpc) is 2.62. The van der Waals surface area contributed by atoms with Crippen molar-refractivity contribution in [2.75, 3.05) is 28.2 Å². The van der Waals surface area contributed by atoms with Gasteiger partial charge in [-0.05, 0) is 12.5 Å². The van der Waals surface area contributed by atoms with Crippen molar-refractivity contribution in [3.05, 3.63) is 42.0 Å². The molecule has 25 heavy (non-hydrogen) atoms. The summed E-state index contributed by atoms with van der Waals surface area (Å²) in [6, 6.07) is 9.87. The average molecular weight is 342 g/mol. The standard InChI is InChI=1S/C19H26N4O2/c1-13-16-15(12-11-14-9-7-6-8-10-14)21(3)19(25)23(5)17(16)22(4)18(24)20(13)2/h6-13,15-17H,1-5H3/b12-11+. The van der Waals surface area contributed by atoms with E-state index in [9.17, 15) is 9.59 Å². The first-order valence-electron chi connectivity index (χ1n) is 8.57. The Labute approximate surface area is 149 Å². The van der Waals surface area contributed by atoms with Crippen LogP contribution in [0.4, 0.5) is 9.59 Å². The van der Waals surface area contributed by atoms with Crippen molar-refractivity contribution in [3.63, 3.8) is 0 Å². The molecule has 2 saturated heterocycles. The van der Waals surface area contributed by atoms with E-state index in [2.05, 4.69) is 19.1 Å². The molecule has 1 aromatic carbocycles. The van der Waals surface area contributed by atoms with Crippen LogP contribution in [0.2, 0.25) is 0 Å². The van der Waals surface area contributed by atoms with E-state index in [-0.39, 0.29) is 36.2 Å². The van der Waals surface area contributed by atoms with Crippen molar-refractivity contribution >= 4 is 18.1 Å². The van der Waals surface area contributed by atoms with Crippen molar-refractivity contribution in [3.8, 4) is 0 Å². The fourth-order valence-electron chi connectivity index (χ4n) is 4.06. The molecule has 0 saturated carbocycles. The molecule has 0 bridgehead atoms. The molecule has 4 amide bonds. The lowest BCUT2D eigenvalue weighted by atomic mass is 9.82. The molecule has 4 atom stereocenters. The second kappa shape index (κ2) is 6.43. The van der Waals surface area contributed by atoms with E-state index >= 15 is 0 Å². The van der Waals surface area contributed by atoms with Gasteiger partial charge in [-0.2, -0.15) is 0 Å². The minimum absolute atomic E-state index is 0.0251. The Morgan fingerprint density at radius 2 is 1.40 bits per heavy atom. The van der Waals surface area contributed by atoms with Gasteiger partial charge < -0.3 is 19.6 Å². The molecule has 0 radical (unpaired) electrons. The highest BCUT2D eigenvalue weighted by molar-refractivity contribution is 5.80. The SMILES string of the molecule is CC1C2C(/C=C/c3ccccc3)N(C)C(=O)N(C)C2N(C)C(=O)N1C. The number of amides is 4. The maximum absolute atomic E-state index is 12.7. The quantitative estimate of drug-likeness (QED) is 0.828. The number of nitrogens with zero attached hydrogens (tertiary/aromatic N) is 4. The number of hydrogen-bond acceptors (Lipinski definition) is 2. The van der Waals surface area contributed by atoms with Gasteiger partial charge in [0.2, 0.25) is 0 Å². The van der Waals surface area contributed by atoms with Crippen LogP contribution >= 0.6 is 0 Å². The molecule has 4 unspecified atom stereocenters. The van der Waals surface area contributed by atoms with E-state index in [1.165, 1.54) is 0 Å². The van der Waals surface area contributed by atoms with Crippen LogP contribution in [0.1, 0.15) is 12.5 Å². The Bertz CT molecular complexity index is 686. The lowest BCUT2D eigenvalue weighted by molar-refractivity contribution is -0.0534. The van der Waals surface area contributed by atoms with Crippen molar-refractivity contribution in [2.24, 2.45) is 5.92 Å². The first kappa shape index (κ1) is 17.3. The highest BCUT2D eigenvalue weighted by atomic mass is 16.2. The third kappa shape index (κ3) is 2.75. The summed E-state index contributed by atoms with van der Waals surface area (Å²) in [6.45, 7) is 2.06. The van der Waals surface area contributed by atoms with Crippen molar-refractivity contribution < 1.29 is 9.59 Å². The monoisotopic (exact) mass is 342 g/mol. The van der Waals surface area contributed by atoms with Gasteiger partial charge in [0.25, 0.3) is 0 Å². The summed E-state index contributed by atoms with van der Waals surface area (Å²) in [7, 11) is 7.21. The number of urea groups is 2. The van der Waals surface area contributed by atoms with Gasteiger partial charge in [-0.15, -0.1) is 0 Å². The molecule has 134 valence electrons. The van der Waals surface area contributed by atoms with Crippen LogP contribution in [0.3, 0.4) is 0 Å². The summed E-state index contributed by atoms with van der Waals surface area (Å²) in [5.41, 5.74) is 1.10. The van der Waals surface area contributed by atoms with Gasteiger partial charge in [-0.3, -0.25) is 0 Å². The predicted molar refractivity (Wildman–Crippen MR) is 97.8 cm³/mol. The van der Waals surface area contributed by atoms with E-state index < -0.39 is 0 Å². The molecule has 2 fully saturated rings. The molecular weight excluding hydrogens is 316 g/mol. The zero-order chi connectivity index (χ0) is 18.3. The maximum Gasteiger partial charge on any atom is 0.321 e. The third-order valence-electron chi connectivity index (χ3n) is 5.64. The number of carbonyl (C=O) groups is 2. The van der Waals surface area contributed by atoms with Gasteiger partial charge in [0.1, 0.15) is 6.17 Å². The van der Waals surface area contributed by atoms with Gasteiger partial charge in [0.15, 0.2) is 0 Å². The number of fused-ring (bicyclic) bond motifs is 1. The van der Waals surface area contributed by atoms with E-state index in [4.69, 9.17) is 0 Å². The van der Waals surface area contributed by atoms with Crippen LogP contribution in [0, 0.1) is 5.92 Å². The topological polar surface area (TPSA) is 47.1 Å². The minimum atomic E-state index is -0.243. The Kier molecular flexibility index (Phi) is 4.45. The van der Waals surface area contributed by atoms with Gasteiger partial charge in [0, 0.05) is 40.2 Å². The van der Waals surface area contributed by atoms with Crippen LogP contribution in [0.25, 0.3) is 6.08 Å². The fourth-order valence-corrected chi connectivity index (χ4v) is 4.06. The molecular formula is C19H26N4O2. The first-order chi connectivity index (χ1) is 11.8. The number of likely N-dealkylation sites (N-methyl/N-ethyl adjacent to an activating group) is 1. The molecule has 1 aromatic rings. The number of rotatable bonds is 2. The summed E-state index contributed by atoms with van der Waals surface area (Å²) in [6.07, 6.45) is 3.90. The van der Waals surface area contributed by atoms with Crippen molar-refractivity contribution in [2.45, 2.75) is 25.2 Å². The minimum Gasteiger partial charge on any atom is -0.324 e. The highest BCUT2D eigenvalue weighted by Crippen LogP contribution is 2.36. The number of hydrogen-bond donors (Lipinski definition) is 0. The summed E-state index contributed by atoms with van der Waals surface area (Å²) < 4.78 is 0. The molecule has 0 spiro atoms. The van der Waals surface area contributed by atoms with Crippen molar-refractivity contribution in [1.29, 1.82) is 0 Å². The van der Waals surface area contributed by atoms with Gasteiger partial charge >= 0.3 is 12.1 Å². The molecule has 2 aliphatic rings. The Balaban J connectivity index is 1.99. The zero-order valence-electron chi connectivity index (χ0n) is 15.5. The van der Waals surface area contributed by atoms with Crippen molar-refractivity contribution in [1.82, 2.24) is 19.6 Å². The molecule has 0 N–H and O–H groups in total. The Morgan fingerprint density at radius 3 is 2.00 bits per heavy atom. The maximum atomic E-state index is 12.7. The van der Waals surface area contributed by atoms with Crippen LogP contribution in [-0.4, -0.2) is 78.1 Å². The normalized spacial score (nSPS) is 30.3. The summed E-state index contributed by atoms with van der Waals surface area (Å²) >= 11 is 0. The first-order valence-corrected chi connectivity index (χ1v) is 8.57. The van der Waals surface area contributed by atoms with Crippen LogP contribution < -0.4 is 0 Å². The largest absolute Gasteiger partial charge is 0.324 e. The molecule has 2 aliphatic heterocycles. The summed E-state index contributed by atoms with van der Waals surface area (Å²) in [4.78, 5) is 32.1. The second-order valence-corrected chi connectivity index (χ2v) is 7.00. The van der Waals surface area contributed by atoms with Gasteiger partial charge in [-0.1, -0.05) is 42.5 Å². The highest BCUT2D eigenvalue weighted by Gasteiger charge is 2.52. The molecule has 2 heterocycles. The summed E-state index contributed by atoms with van der Waals surface area (Å²) in [5.74, 6) is 0.0976. The lowest BCUT2D eigenvalue weighted by Crippen LogP contribution is -2.73. The molecule has 6 heteroatoms. The van der Waals surface area contributed by atoms with Gasteiger partial charge in [-0.25, -0.2) is 9.59 Å². The Hall–Kier alpha value is -2.50. The molecule has 0 aliphatic carbocycles. The van der Waals surface area contributed by atoms with E-state index in [1.54, 1.807) is 33.7 Å². The molecule has 6 nitrogen and oxygen atoms in total. The molecule has 0 aromatic heterocycles. The molecule has 3 rings (SSSR count). The van der Waals surface area contributed by atoms with Crippen LogP contribution in [0.15, 0.2) is 36.4 Å². The summed E-state index contributed by atoms with van der Waals surface area (Å²) in [5, 5.41) is 0. The van der Waals surface area contributed by atoms with Crippen LogP contribution in [-0.2, 0) is 0 Å². The van der Waals surface area contributed by atoms with Crippen LogP contribution in [0.5, 0.6) is 0 Å². The number of carbonyl (C=O) groups excluding carboxylic acids is 2. The zero-order valence-corrected chi connectivity index (χ0v) is 15.5. The van der Waals surface area contributed by atoms with Gasteiger partial charge in [0.05, 0.1) is 6.04 Å². The second-order valence-electron chi connectivity index (χ2n) is 7.00. The van der Waals surface area contributed by atoms with E-state index in [0.29, 0.717) is 0 Å². The van der Waals surface area contributed by atoms with E-state index in [1.807, 2.05) is 44.4 Å². The Morgan fingerprint density at radius 1 is 0.840 bits per heavy atom. The fraction of sp³-hybridized carbons (Fsp3) is 0.474.